The Kier molecular flexibility index (Phi) is 5.84. The van der Waals surface area contributed by atoms with E-state index in [1.807, 2.05) is 53.7 Å². The van der Waals surface area contributed by atoms with Crippen molar-refractivity contribution in [3.05, 3.63) is 24.3 Å². The maximum atomic E-state index is 5.43. The minimum atomic E-state index is -0.351. The Bertz CT molecular complexity index is 374. The number of benzene rings is 1. The topological polar surface area (TPSA) is 36.9 Å². The van der Waals surface area contributed by atoms with Gasteiger partial charge in [0.15, 0.2) is 0 Å². The first-order valence-electron chi connectivity index (χ1n) is 7.10. The molecule has 1 aromatic carbocycles. The van der Waals surface area contributed by atoms with Crippen LogP contribution < -0.4 is 9.78 Å². The van der Waals surface area contributed by atoms with Gasteiger partial charge in [-0.2, -0.15) is 9.78 Å². The predicted molar refractivity (Wildman–Crippen MR) is 78.6 cm³/mol. The van der Waals surface area contributed by atoms with Crippen molar-refractivity contribution in [2.45, 2.75) is 65.6 Å². The van der Waals surface area contributed by atoms with Crippen molar-refractivity contribution >= 4 is 0 Å². The average molecular weight is 282 g/mol. The summed E-state index contributed by atoms with van der Waals surface area (Å²) < 4.78 is 0. The fourth-order valence-corrected chi connectivity index (χ4v) is 1.02. The van der Waals surface area contributed by atoms with Crippen LogP contribution in [0.2, 0.25) is 0 Å². The van der Waals surface area contributed by atoms with Gasteiger partial charge in [-0.25, -0.2) is 0 Å². The van der Waals surface area contributed by atoms with Crippen LogP contribution in [0.5, 0.6) is 11.5 Å². The highest BCUT2D eigenvalue weighted by atomic mass is 17.2. The zero-order valence-electron chi connectivity index (χ0n) is 13.4. The van der Waals surface area contributed by atoms with Crippen molar-refractivity contribution in [2.75, 3.05) is 0 Å². The summed E-state index contributed by atoms with van der Waals surface area (Å²) in [5.41, 5.74) is -0.701. The molecule has 0 aromatic heterocycles. The smallest absolute Gasteiger partial charge is 0.211 e. The standard InChI is InChI=1S/C16H26O4/c1-7-15(3,4)19-17-13-11-9-10-12-14(13)18-20-16(5,6)8-2/h9-12H,7-8H2,1-6H3. The third-order valence-corrected chi connectivity index (χ3v) is 3.27. The molecule has 0 saturated heterocycles. The second-order valence-corrected chi connectivity index (χ2v) is 6.01. The molecule has 0 fully saturated rings. The van der Waals surface area contributed by atoms with Crippen molar-refractivity contribution in [3.63, 3.8) is 0 Å². The van der Waals surface area contributed by atoms with Crippen LogP contribution in [0.1, 0.15) is 54.4 Å². The van der Waals surface area contributed by atoms with Gasteiger partial charge in [-0.1, -0.05) is 26.0 Å². The van der Waals surface area contributed by atoms with Gasteiger partial charge in [-0.05, 0) is 52.7 Å². The average Bonchev–Trinajstić information content (AvgIpc) is 2.44. The van der Waals surface area contributed by atoms with Gasteiger partial charge in [0.25, 0.3) is 0 Å². The Labute approximate surface area is 121 Å². The van der Waals surface area contributed by atoms with E-state index in [9.17, 15) is 0 Å². The first-order valence-corrected chi connectivity index (χ1v) is 7.10. The maximum absolute atomic E-state index is 5.43. The molecule has 1 rings (SSSR count). The van der Waals surface area contributed by atoms with Crippen molar-refractivity contribution in [1.82, 2.24) is 0 Å². The second-order valence-electron chi connectivity index (χ2n) is 6.01. The van der Waals surface area contributed by atoms with Crippen molar-refractivity contribution in [2.24, 2.45) is 0 Å². The molecule has 0 amide bonds. The highest BCUT2D eigenvalue weighted by Gasteiger charge is 2.21. The molecule has 0 unspecified atom stereocenters. The van der Waals surface area contributed by atoms with E-state index >= 15 is 0 Å². The molecule has 20 heavy (non-hydrogen) atoms. The maximum Gasteiger partial charge on any atom is 0.211 e. The summed E-state index contributed by atoms with van der Waals surface area (Å²) >= 11 is 0. The monoisotopic (exact) mass is 282 g/mol. The molecule has 0 spiro atoms. The van der Waals surface area contributed by atoms with Crippen molar-refractivity contribution < 1.29 is 19.6 Å². The van der Waals surface area contributed by atoms with Gasteiger partial charge >= 0.3 is 0 Å². The molecule has 0 radical (unpaired) electrons. The number of rotatable bonds is 8. The van der Waals surface area contributed by atoms with Crippen LogP contribution in [-0.2, 0) is 9.78 Å². The van der Waals surface area contributed by atoms with Crippen LogP contribution >= 0.6 is 0 Å². The van der Waals surface area contributed by atoms with Gasteiger partial charge in [-0.15, -0.1) is 0 Å². The minimum absolute atomic E-state index is 0.351. The van der Waals surface area contributed by atoms with Gasteiger partial charge in [0.2, 0.25) is 11.5 Å². The Morgan fingerprint density at radius 1 is 0.750 bits per heavy atom. The van der Waals surface area contributed by atoms with Crippen LogP contribution in [0, 0.1) is 0 Å². The van der Waals surface area contributed by atoms with E-state index < -0.39 is 0 Å². The van der Waals surface area contributed by atoms with Crippen LogP contribution in [0.15, 0.2) is 24.3 Å². The molecule has 4 nitrogen and oxygen atoms in total. The fourth-order valence-electron chi connectivity index (χ4n) is 1.02. The summed E-state index contributed by atoms with van der Waals surface area (Å²) in [4.78, 5) is 21.6. The number of para-hydroxylation sites is 2. The molecule has 0 atom stereocenters. The second kappa shape index (κ2) is 6.95. The van der Waals surface area contributed by atoms with Crippen LogP contribution in [0.25, 0.3) is 0 Å². The lowest BCUT2D eigenvalue weighted by Crippen LogP contribution is -2.26. The minimum Gasteiger partial charge on any atom is -0.333 e. The molecule has 114 valence electrons. The summed E-state index contributed by atoms with van der Waals surface area (Å²) in [6.45, 7) is 11.9. The highest BCUT2D eigenvalue weighted by molar-refractivity contribution is 5.38. The number of hydrogen-bond donors (Lipinski definition) is 0. The lowest BCUT2D eigenvalue weighted by atomic mass is 10.1. The summed E-state index contributed by atoms with van der Waals surface area (Å²) in [6.07, 6.45) is 1.69. The lowest BCUT2D eigenvalue weighted by molar-refractivity contribution is -0.298. The van der Waals surface area contributed by atoms with Gasteiger partial charge < -0.3 is 9.78 Å². The van der Waals surface area contributed by atoms with Crippen LogP contribution in [-0.4, -0.2) is 11.2 Å². The summed E-state index contributed by atoms with van der Waals surface area (Å²) in [7, 11) is 0. The van der Waals surface area contributed by atoms with Gasteiger partial charge in [-0.3, -0.25) is 0 Å². The Morgan fingerprint density at radius 2 is 1.10 bits per heavy atom. The highest BCUT2D eigenvalue weighted by Crippen LogP contribution is 2.30. The zero-order valence-corrected chi connectivity index (χ0v) is 13.4. The van der Waals surface area contributed by atoms with E-state index in [0.29, 0.717) is 11.5 Å². The first-order chi connectivity index (χ1) is 9.29. The van der Waals surface area contributed by atoms with Crippen LogP contribution in [0.4, 0.5) is 0 Å². The van der Waals surface area contributed by atoms with Gasteiger partial charge in [0, 0.05) is 0 Å². The molecule has 0 bridgehead atoms. The van der Waals surface area contributed by atoms with E-state index in [1.165, 1.54) is 0 Å². The first kappa shape index (κ1) is 16.8. The normalized spacial score (nSPS) is 12.3. The molecule has 0 aliphatic carbocycles. The zero-order chi connectivity index (χ0) is 15.2. The molecule has 0 heterocycles. The van der Waals surface area contributed by atoms with E-state index in [-0.39, 0.29) is 11.2 Å². The molecular weight excluding hydrogens is 256 g/mol. The molecule has 0 aliphatic rings. The Morgan fingerprint density at radius 3 is 1.40 bits per heavy atom. The summed E-state index contributed by atoms with van der Waals surface area (Å²) in [6, 6.07) is 7.28. The van der Waals surface area contributed by atoms with E-state index in [1.54, 1.807) is 12.1 Å². The molecule has 1 aromatic rings. The third kappa shape index (κ3) is 5.39. The largest absolute Gasteiger partial charge is 0.333 e. The molecule has 0 N–H and O–H groups in total. The quantitative estimate of drug-likeness (QED) is 0.512. The van der Waals surface area contributed by atoms with Gasteiger partial charge in [0.1, 0.15) is 11.2 Å². The molecule has 0 aliphatic heterocycles. The number of hydrogen-bond acceptors (Lipinski definition) is 4. The lowest BCUT2D eigenvalue weighted by Gasteiger charge is -2.24. The van der Waals surface area contributed by atoms with E-state index in [4.69, 9.17) is 19.6 Å². The SMILES string of the molecule is CCC(C)(C)OOc1ccccc1OOC(C)(C)CC. The summed E-state index contributed by atoms with van der Waals surface area (Å²) in [5.74, 6) is 1.00. The van der Waals surface area contributed by atoms with Crippen molar-refractivity contribution in [3.8, 4) is 11.5 Å². The van der Waals surface area contributed by atoms with E-state index in [0.717, 1.165) is 12.8 Å². The third-order valence-electron chi connectivity index (χ3n) is 3.27. The van der Waals surface area contributed by atoms with Gasteiger partial charge in [0.05, 0.1) is 0 Å². The predicted octanol–water partition coefficient (Wildman–Crippen LogP) is 4.68. The Hall–Kier alpha value is -1.26. The summed E-state index contributed by atoms with van der Waals surface area (Å²) in [5, 5.41) is 0. The van der Waals surface area contributed by atoms with Crippen LogP contribution in [0.3, 0.4) is 0 Å². The Balaban J connectivity index is 2.69. The molecular formula is C16H26O4. The van der Waals surface area contributed by atoms with Crippen molar-refractivity contribution in [1.29, 1.82) is 0 Å². The molecule has 0 saturated carbocycles. The van der Waals surface area contributed by atoms with E-state index in [2.05, 4.69) is 0 Å². The molecule has 4 heteroatoms. The fraction of sp³-hybridized carbons (Fsp3) is 0.625.